The second-order valence-corrected chi connectivity index (χ2v) is 11.3. The van der Waals surface area contributed by atoms with Crippen LogP contribution in [0.4, 0.5) is 11.4 Å². The number of rotatable bonds is 10. The molecule has 10 heteroatoms. The first kappa shape index (κ1) is 29.0. The maximum Gasteiger partial charge on any atom is 0.338 e. The molecule has 0 spiro atoms. The summed E-state index contributed by atoms with van der Waals surface area (Å²) in [7, 11) is 1.60. The Bertz CT molecular complexity index is 1580. The van der Waals surface area contributed by atoms with Crippen molar-refractivity contribution in [2.45, 2.75) is 45.6 Å². The monoisotopic (exact) mass is 588 g/mol. The number of methoxy groups -OCH3 is 1. The lowest BCUT2D eigenvalue weighted by molar-refractivity contribution is 0.0774. The Hall–Kier alpha value is -4.05. The van der Waals surface area contributed by atoms with Gasteiger partial charge in [-0.05, 0) is 64.3 Å². The molecule has 0 unspecified atom stereocenters. The second kappa shape index (κ2) is 12.7. The van der Waals surface area contributed by atoms with E-state index in [4.69, 9.17) is 18.6 Å². The fourth-order valence-electron chi connectivity index (χ4n) is 6.35. The van der Waals surface area contributed by atoms with E-state index in [1.165, 1.54) is 0 Å². The molecule has 2 aromatic carbocycles. The van der Waals surface area contributed by atoms with E-state index in [1.807, 2.05) is 43.2 Å². The van der Waals surface area contributed by atoms with Gasteiger partial charge < -0.3 is 28.4 Å². The van der Waals surface area contributed by atoms with Crippen molar-refractivity contribution >= 4 is 34.5 Å². The molecule has 3 aromatic rings. The van der Waals surface area contributed by atoms with Crippen molar-refractivity contribution in [1.29, 1.82) is 0 Å². The van der Waals surface area contributed by atoms with Crippen molar-refractivity contribution in [2.24, 2.45) is 4.99 Å². The van der Waals surface area contributed by atoms with Gasteiger partial charge in [0.15, 0.2) is 11.5 Å². The highest BCUT2D eigenvalue weighted by atomic mass is 16.5. The standard InChI is InChI=1S/C33H40N4O6/c1-4-41-28-10-9-24-27(20-31(38)43-32(24)22(28)2)36-15-13-35(14-16-36)11-5-6-17-42-30-19-26-25(18-29(30)40-3)33(39)37-12-7-8-23(37)21-34-26/h9-10,18-21,23H,4-8,11-17H2,1-3H3/t23-/m0/s1. The summed E-state index contributed by atoms with van der Waals surface area (Å²) < 4.78 is 23.0. The number of hydrogen-bond acceptors (Lipinski definition) is 9. The van der Waals surface area contributed by atoms with E-state index in [1.54, 1.807) is 19.2 Å². The maximum absolute atomic E-state index is 13.1. The Labute approximate surface area is 251 Å². The third-order valence-electron chi connectivity index (χ3n) is 8.69. The zero-order chi connectivity index (χ0) is 29.9. The van der Waals surface area contributed by atoms with E-state index in [0.717, 1.165) is 87.3 Å². The van der Waals surface area contributed by atoms with E-state index in [0.29, 0.717) is 41.5 Å². The lowest BCUT2D eigenvalue weighted by atomic mass is 10.1. The molecule has 0 radical (unpaired) electrons. The van der Waals surface area contributed by atoms with E-state index in [-0.39, 0.29) is 17.6 Å². The molecule has 0 bridgehead atoms. The number of nitrogens with zero attached hydrogens (tertiary/aromatic N) is 4. The van der Waals surface area contributed by atoms with Gasteiger partial charge in [-0.1, -0.05) is 0 Å². The van der Waals surface area contributed by atoms with Crippen LogP contribution in [0.25, 0.3) is 11.0 Å². The molecule has 43 heavy (non-hydrogen) atoms. The molecule has 0 N–H and O–H groups in total. The predicted molar refractivity (Wildman–Crippen MR) is 167 cm³/mol. The average Bonchev–Trinajstić information content (AvgIpc) is 3.45. The van der Waals surface area contributed by atoms with Crippen LogP contribution in [-0.4, -0.2) is 87.6 Å². The Morgan fingerprint density at radius 1 is 0.977 bits per heavy atom. The largest absolute Gasteiger partial charge is 0.493 e. The number of unbranched alkanes of at least 4 members (excludes halogenated alkanes) is 1. The molecular weight excluding hydrogens is 548 g/mol. The summed E-state index contributed by atoms with van der Waals surface area (Å²) in [6.07, 6.45) is 5.74. The molecule has 2 fully saturated rings. The number of benzene rings is 2. The minimum absolute atomic E-state index is 0.00897. The predicted octanol–water partition coefficient (Wildman–Crippen LogP) is 4.81. The molecule has 6 rings (SSSR count). The van der Waals surface area contributed by atoms with Crippen LogP contribution < -0.4 is 24.7 Å². The summed E-state index contributed by atoms with van der Waals surface area (Å²) in [5.41, 5.74) is 3.24. The number of fused-ring (bicyclic) bond motifs is 3. The Balaban J connectivity index is 1.01. The van der Waals surface area contributed by atoms with Crippen LogP contribution in [0.5, 0.6) is 17.2 Å². The number of aliphatic imine (C=N–C) groups is 1. The minimum Gasteiger partial charge on any atom is -0.493 e. The van der Waals surface area contributed by atoms with Crippen LogP contribution in [0.2, 0.25) is 0 Å². The molecule has 1 aromatic heterocycles. The number of ether oxygens (including phenoxy) is 3. The average molecular weight is 589 g/mol. The summed E-state index contributed by atoms with van der Waals surface area (Å²) in [5, 5.41) is 0.940. The number of aryl methyl sites for hydroxylation is 1. The molecule has 3 aliphatic heterocycles. The van der Waals surface area contributed by atoms with Crippen molar-refractivity contribution in [3.63, 3.8) is 0 Å². The minimum atomic E-state index is -0.341. The zero-order valence-corrected chi connectivity index (χ0v) is 25.3. The Morgan fingerprint density at radius 3 is 2.60 bits per heavy atom. The molecule has 2 saturated heterocycles. The first-order valence-electron chi connectivity index (χ1n) is 15.3. The smallest absolute Gasteiger partial charge is 0.338 e. The molecule has 0 saturated carbocycles. The summed E-state index contributed by atoms with van der Waals surface area (Å²) in [5.74, 6) is 1.93. The number of hydrogen-bond donors (Lipinski definition) is 0. The lowest BCUT2D eigenvalue weighted by Gasteiger charge is -2.36. The van der Waals surface area contributed by atoms with E-state index in [9.17, 15) is 9.59 Å². The molecule has 0 aliphatic carbocycles. The number of carbonyl (C=O) groups excluding carboxylic acids is 1. The molecular formula is C33H40N4O6. The van der Waals surface area contributed by atoms with Crippen LogP contribution in [0.3, 0.4) is 0 Å². The molecule has 1 atom stereocenters. The highest BCUT2D eigenvalue weighted by Crippen LogP contribution is 2.38. The number of carbonyl (C=O) groups is 1. The molecule has 10 nitrogen and oxygen atoms in total. The van der Waals surface area contributed by atoms with Crippen LogP contribution in [0, 0.1) is 6.92 Å². The first-order valence-corrected chi connectivity index (χ1v) is 15.3. The van der Waals surface area contributed by atoms with Gasteiger partial charge in [0.25, 0.3) is 5.91 Å². The van der Waals surface area contributed by atoms with Gasteiger partial charge >= 0.3 is 5.63 Å². The lowest BCUT2D eigenvalue weighted by Crippen LogP contribution is -2.46. The van der Waals surface area contributed by atoms with Crippen molar-refractivity contribution < 1.29 is 23.4 Å². The number of anilines is 1. The van der Waals surface area contributed by atoms with E-state index in [2.05, 4.69) is 14.8 Å². The van der Waals surface area contributed by atoms with E-state index < -0.39 is 0 Å². The third-order valence-corrected chi connectivity index (χ3v) is 8.69. The zero-order valence-electron chi connectivity index (χ0n) is 25.3. The van der Waals surface area contributed by atoms with Gasteiger partial charge in [-0.25, -0.2) is 4.79 Å². The van der Waals surface area contributed by atoms with Gasteiger partial charge in [-0.3, -0.25) is 14.7 Å². The third kappa shape index (κ3) is 5.93. The quantitative estimate of drug-likeness (QED) is 0.246. The highest BCUT2D eigenvalue weighted by molar-refractivity contribution is 6.03. The van der Waals surface area contributed by atoms with Crippen LogP contribution in [-0.2, 0) is 0 Å². The van der Waals surface area contributed by atoms with Crippen molar-refractivity contribution in [1.82, 2.24) is 9.80 Å². The van der Waals surface area contributed by atoms with Gasteiger partial charge in [0.2, 0.25) is 0 Å². The molecule has 1 amide bonds. The second-order valence-electron chi connectivity index (χ2n) is 11.3. The van der Waals surface area contributed by atoms with Crippen molar-refractivity contribution in [2.75, 3.05) is 64.5 Å². The van der Waals surface area contributed by atoms with Gasteiger partial charge in [0.1, 0.15) is 11.3 Å². The van der Waals surface area contributed by atoms with Crippen LogP contribution >= 0.6 is 0 Å². The van der Waals surface area contributed by atoms with Gasteiger partial charge in [0.05, 0.1) is 43.3 Å². The van der Waals surface area contributed by atoms with Gasteiger partial charge in [-0.2, -0.15) is 0 Å². The molecule has 228 valence electrons. The fraction of sp³-hybridized carbons (Fsp3) is 0.485. The summed E-state index contributed by atoms with van der Waals surface area (Å²) in [6.45, 7) is 10.2. The number of amides is 1. The topological polar surface area (TPSA) is 97.0 Å². The van der Waals surface area contributed by atoms with Crippen molar-refractivity contribution in [3.05, 3.63) is 51.9 Å². The van der Waals surface area contributed by atoms with Gasteiger partial charge in [0, 0.05) is 62.0 Å². The van der Waals surface area contributed by atoms with Gasteiger partial charge in [-0.15, -0.1) is 0 Å². The highest BCUT2D eigenvalue weighted by Gasteiger charge is 2.32. The maximum atomic E-state index is 13.1. The fourth-order valence-corrected chi connectivity index (χ4v) is 6.35. The summed E-state index contributed by atoms with van der Waals surface area (Å²) in [4.78, 5) is 36.8. The SMILES string of the molecule is CCOc1ccc2c(N3CCN(CCCCOc4cc5c(cc4OC)C(=O)N4CCC[C@H]4C=N5)CC3)cc(=O)oc2c1C. The number of piperazine rings is 1. The summed E-state index contributed by atoms with van der Waals surface area (Å²) in [6, 6.07) is 9.22. The molecule has 4 heterocycles. The van der Waals surface area contributed by atoms with Crippen molar-refractivity contribution in [3.8, 4) is 17.2 Å². The Kier molecular flexibility index (Phi) is 8.56. The first-order chi connectivity index (χ1) is 21.0. The van der Waals surface area contributed by atoms with Crippen LogP contribution in [0.15, 0.2) is 44.5 Å². The Morgan fingerprint density at radius 2 is 1.81 bits per heavy atom. The summed E-state index contributed by atoms with van der Waals surface area (Å²) >= 11 is 0. The normalized spacial score (nSPS) is 18.5. The van der Waals surface area contributed by atoms with E-state index >= 15 is 0 Å². The van der Waals surface area contributed by atoms with Crippen LogP contribution in [0.1, 0.15) is 48.5 Å². The molecule has 3 aliphatic rings.